The first-order chi connectivity index (χ1) is 13.7. The minimum Gasteiger partial charge on any atom is -0.444 e. The largest absolute Gasteiger partial charge is 0.444 e. The Bertz CT molecular complexity index is 953. The number of alkyl halides is 3. The number of rotatable bonds is 4. The van der Waals surface area contributed by atoms with E-state index >= 15 is 0 Å². The van der Waals surface area contributed by atoms with Crippen molar-refractivity contribution >= 4 is 23.4 Å². The minimum absolute atomic E-state index is 0.00214. The lowest BCUT2D eigenvalue weighted by Gasteiger charge is -2.17. The number of aromatic nitrogens is 1. The molecule has 2 aromatic rings. The predicted octanol–water partition coefficient (Wildman–Crippen LogP) is 6.28. The second-order valence-electron chi connectivity index (χ2n) is 6.61. The number of hydrogen-bond donors (Lipinski definition) is 1. The number of nitrogens with one attached hydrogen (secondary N) is 1. The van der Waals surface area contributed by atoms with E-state index in [9.17, 15) is 18.0 Å². The number of halogens is 4. The Labute approximate surface area is 171 Å². The molecule has 0 saturated heterocycles. The van der Waals surface area contributed by atoms with Crippen molar-refractivity contribution in [2.75, 3.05) is 11.9 Å². The first-order valence-electron chi connectivity index (χ1n) is 8.82. The molecule has 0 fully saturated rings. The van der Waals surface area contributed by atoms with Crippen LogP contribution in [0.5, 0.6) is 0 Å². The van der Waals surface area contributed by atoms with Gasteiger partial charge in [-0.15, -0.1) is 0 Å². The Hall–Kier alpha value is -2.80. The minimum atomic E-state index is -4.61. The summed E-state index contributed by atoms with van der Waals surface area (Å²) in [7, 11) is 0. The lowest BCUT2D eigenvalue weighted by Crippen LogP contribution is -2.16. The maximum absolute atomic E-state index is 12.9. The molecule has 0 spiro atoms. The smallest absolute Gasteiger partial charge is 0.417 e. The highest BCUT2D eigenvalue weighted by molar-refractivity contribution is 6.31. The van der Waals surface area contributed by atoms with Crippen LogP contribution in [0, 0.1) is 6.92 Å². The van der Waals surface area contributed by atoms with Crippen LogP contribution in [0.25, 0.3) is 0 Å². The molecule has 0 radical (unpaired) electrons. The number of aryl methyl sites for hydroxylation is 1. The molecule has 0 saturated carbocycles. The Kier molecular flexibility index (Phi) is 6.27. The standard InChI is InChI=1S/C21H18ClF3N2O2/c1-13-5-6-16(11-26-13)15-4-2-3-14(9-15)12-29-20(28)27-17-7-8-19(22)18(10-17)21(23,24)25/h2-3,5-11,15H,4,12H2,1H3,(H,27,28). The molecular formula is C21H18ClF3N2O2. The third-order valence-electron chi connectivity index (χ3n) is 4.39. The summed E-state index contributed by atoms with van der Waals surface area (Å²) in [5.74, 6) is 0.125. The van der Waals surface area contributed by atoms with Gasteiger partial charge in [-0.1, -0.05) is 35.9 Å². The monoisotopic (exact) mass is 422 g/mol. The number of amides is 1. The van der Waals surface area contributed by atoms with Gasteiger partial charge in [-0.05, 0) is 48.7 Å². The fourth-order valence-electron chi connectivity index (χ4n) is 2.90. The number of carbonyl (C=O) groups is 1. The second-order valence-corrected chi connectivity index (χ2v) is 7.02. The Morgan fingerprint density at radius 3 is 2.79 bits per heavy atom. The van der Waals surface area contributed by atoms with Crippen molar-refractivity contribution in [2.24, 2.45) is 0 Å². The number of allylic oxidation sites excluding steroid dienone is 2. The van der Waals surface area contributed by atoms with Crippen molar-refractivity contribution in [3.8, 4) is 0 Å². The van der Waals surface area contributed by atoms with Gasteiger partial charge in [0.25, 0.3) is 0 Å². The van der Waals surface area contributed by atoms with Crippen LogP contribution in [0.3, 0.4) is 0 Å². The molecule has 1 amide bonds. The first kappa shape index (κ1) is 20.9. The average molecular weight is 423 g/mol. The van der Waals surface area contributed by atoms with Gasteiger partial charge in [-0.25, -0.2) is 4.79 Å². The molecule has 0 bridgehead atoms. The van der Waals surface area contributed by atoms with E-state index < -0.39 is 22.9 Å². The summed E-state index contributed by atoms with van der Waals surface area (Å²) < 4.78 is 43.9. The fraction of sp³-hybridized carbons (Fsp3) is 0.238. The van der Waals surface area contributed by atoms with Crippen LogP contribution >= 0.6 is 11.6 Å². The van der Waals surface area contributed by atoms with Crippen LogP contribution < -0.4 is 5.32 Å². The second kappa shape index (κ2) is 8.69. The molecule has 0 aliphatic heterocycles. The van der Waals surface area contributed by atoms with Crippen LogP contribution in [-0.2, 0) is 10.9 Å². The highest BCUT2D eigenvalue weighted by Crippen LogP contribution is 2.36. The van der Waals surface area contributed by atoms with E-state index in [1.54, 1.807) is 0 Å². The zero-order chi connectivity index (χ0) is 21.0. The molecule has 1 aromatic carbocycles. The van der Waals surface area contributed by atoms with E-state index in [4.69, 9.17) is 16.3 Å². The topological polar surface area (TPSA) is 51.2 Å². The summed E-state index contributed by atoms with van der Waals surface area (Å²) in [6.07, 6.45) is 2.99. The maximum Gasteiger partial charge on any atom is 0.417 e. The lowest BCUT2D eigenvalue weighted by molar-refractivity contribution is -0.137. The predicted molar refractivity (Wildman–Crippen MR) is 105 cm³/mol. The number of pyridine rings is 1. The van der Waals surface area contributed by atoms with E-state index in [0.717, 1.165) is 35.4 Å². The zero-order valence-corrected chi connectivity index (χ0v) is 16.2. The van der Waals surface area contributed by atoms with Gasteiger partial charge in [0.05, 0.1) is 10.6 Å². The van der Waals surface area contributed by atoms with Crippen molar-refractivity contribution in [3.63, 3.8) is 0 Å². The highest BCUT2D eigenvalue weighted by atomic mass is 35.5. The van der Waals surface area contributed by atoms with Crippen LogP contribution in [0.4, 0.5) is 23.7 Å². The van der Waals surface area contributed by atoms with Crippen molar-refractivity contribution in [2.45, 2.75) is 25.4 Å². The fourth-order valence-corrected chi connectivity index (χ4v) is 3.12. The molecular weight excluding hydrogens is 405 g/mol. The molecule has 1 aliphatic rings. The number of ether oxygens (including phenoxy) is 1. The van der Waals surface area contributed by atoms with Crippen molar-refractivity contribution in [1.29, 1.82) is 0 Å². The molecule has 8 heteroatoms. The summed E-state index contributed by atoms with van der Waals surface area (Å²) in [5.41, 5.74) is 1.71. The highest BCUT2D eigenvalue weighted by Gasteiger charge is 2.33. The molecule has 4 nitrogen and oxygen atoms in total. The summed E-state index contributed by atoms with van der Waals surface area (Å²) in [6, 6.07) is 7.06. The molecule has 1 N–H and O–H groups in total. The van der Waals surface area contributed by atoms with E-state index in [1.165, 1.54) is 6.07 Å². The number of benzene rings is 1. The maximum atomic E-state index is 12.9. The number of hydrogen-bond acceptors (Lipinski definition) is 3. The van der Waals surface area contributed by atoms with E-state index in [1.807, 2.05) is 43.5 Å². The van der Waals surface area contributed by atoms with Crippen LogP contribution in [0.15, 0.2) is 60.3 Å². The van der Waals surface area contributed by atoms with Crippen LogP contribution in [-0.4, -0.2) is 17.7 Å². The quantitative estimate of drug-likeness (QED) is 0.630. The number of carbonyl (C=O) groups excluding carboxylic acids is 1. The normalized spacial score (nSPS) is 16.3. The van der Waals surface area contributed by atoms with Gasteiger partial charge in [-0.2, -0.15) is 13.2 Å². The van der Waals surface area contributed by atoms with Gasteiger partial charge in [-0.3, -0.25) is 10.3 Å². The van der Waals surface area contributed by atoms with Crippen molar-refractivity contribution in [1.82, 2.24) is 4.98 Å². The van der Waals surface area contributed by atoms with Crippen LogP contribution in [0.1, 0.15) is 29.2 Å². The Morgan fingerprint density at radius 2 is 2.10 bits per heavy atom. The van der Waals surface area contributed by atoms with E-state index in [0.29, 0.717) is 0 Å². The molecule has 1 atom stereocenters. The molecule has 1 aromatic heterocycles. The SMILES string of the molecule is Cc1ccc(C2C=C(COC(=O)Nc3ccc(Cl)c(C(F)(F)F)c3)C=CC2)cn1. The van der Waals surface area contributed by atoms with Crippen LogP contribution in [0.2, 0.25) is 5.02 Å². The molecule has 1 unspecified atom stereocenters. The molecule has 1 heterocycles. The molecule has 3 rings (SSSR count). The molecule has 29 heavy (non-hydrogen) atoms. The van der Waals surface area contributed by atoms with Gasteiger partial charge < -0.3 is 4.74 Å². The first-order valence-corrected chi connectivity index (χ1v) is 9.20. The van der Waals surface area contributed by atoms with Gasteiger partial charge in [0, 0.05) is 23.5 Å². The summed E-state index contributed by atoms with van der Waals surface area (Å²) in [4.78, 5) is 16.3. The Morgan fingerprint density at radius 1 is 1.31 bits per heavy atom. The summed E-state index contributed by atoms with van der Waals surface area (Å²) in [5, 5.41) is 1.85. The van der Waals surface area contributed by atoms with Crippen molar-refractivity contribution < 1.29 is 22.7 Å². The number of anilines is 1. The molecule has 1 aliphatic carbocycles. The average Bonchev–Trinajstić information content (AvgIpc) is 2.68. The van der Waals surface area contributed by atoms with Gasteiger partial charge >= 0.3 is 12.3 Å². The third kappa shape index (κ3) is 5.60. The van der Waals surface area contributed by atoms with E-state index in [-0.39, 0.29) is 18.2 Å². The summed E-state index contributed by atoms with van der Waals surface area (Å²) in [6.45, 7) is 1.91. The lowest BCUT2D eigenvalue weighted by atomic mass is 9.91. The van der Waals surface area contributed by atoms with E-state index in [2.05, 4.69) is 10.3 Å². The number of nitrogens with zero attached hydrogens (tertiary/aromatic N) is 1. The van der Waals surface area contributed by atoms with Crippen molar-refractivity contribution in [3.05, 3.63) is 82.2 Å². The van der Waals surface area contributed by atoms with Gasteiger partial charge in [0.15, 0.2) is 0 Å². The van der Waals surface area contributed by atoms with Gasteiger partial charge in [0.1, 0.15) is 6.61 Å². The third-order valence-corrected chi connectivity index (χ3v) is 4.72. The zero-order valence-electron chi connectivity index (χ0n) is 15.5. The summed E-state index contributed by atoms with van der Waals surface area (Å²) >= 11 is 5.57. The Balaban J connectivity index is 1.60. The molecule has 152 valence electrons. The van der Waals surface area contributed by atoms with Gasteiger partial charge in [0.2, 0.25) is 0 Å².